The van der Waals surface area contributed by atoms with Crippen molar-refractivity contribution in [2.45, 2.75) is 89.4 Å². The van der Waals surface area contributed by atoms with E-state index < -0.39 is 80.6 Å². The molecule has 4 aliphatic carbocycles. The van der Waals surface area contributed by atoms with Crippen LogP contribution in [0.15, 0.2) is 46.6 Å². The number of carbonyl (C=O) groups is 4. The SMILES string of the molecule is CC1CC2C3CC(F)C4=CC(=O)C=CC4(C)C3(F)C(O)CC2(C)C1(OC(=O)c1ccco1)C(=O)SCC#CCOC(=O)CC(C)(C)O. The Labute approximate surface area is 276 Å². The molecule has 0 spiro atoms. The zero-order valence-corrected chi connectivity index (χ0v) is 27.8. The first-order valence-corrected chi connectivity index (χ1v) is 16.6. The molecule has 1 aromatic rings. The molecular formula is C35H40F2O9S. The molecule has 0 radical (unpaired) electrons. The Hall–Kier alpha value is -3.27. The van der Waals surface area contributed by atoms with Gasteiger partial charge in [-0.3, -0.25) is 14.4 Å². The molecular weight excluding hydrogens is 634 g/mol. The van der Waals surface area contributed by atoms with E-state index in [4.69, 9.17) is 13.9 Å². The highest BCUT2D eigenvalue weighted by Gasteiger charge is 2.78. The quantitative estimate of drug-likeness (QED) is 0.309. The number of hydrogen-bond acceptors (Lipinski definition) is 10. The van der Waals surface area contributed by atoms with Crippen molar-refractivity contribution in [2.24, 2.45) is 28.6 Å². The Kier molecular flexibility index (Phi) is 9.18. The van der Waals surface area contributed by atoms with Crippen LogP contribution in [0.25, 0.3) is 0 Å². The highest BCUT2D eigenvalue weighted by atomic mass is 32.2. The maximum Gasteiger partial charge on any atom is 0.375 e. The van der Waals surface area contributed by atoms with E-state index in [1.54, 1.807) is 13.8 Å². The average molecular weight is 675 g/mol. The van der Waals surface area contributed by atoms with E-state index >= 15 is 8.78 Å². The van der Waals surface area contributed by atoms with Crippen molar-refractivity contribution in [3.8, 4) is 11.8 Å². The normalized spacial score (nSPS) is 37.4. The molecule has 0 bridgehead atoms. The van der Waals surface area contributed by atoms with Crippen LogP contribution in [0.5, 0.6) is 0 Å². The van der Waals surface area contributed by atoms with Crippen LogP contribution >= 0.6 is 11.8 Å². The lowest BCUT2D eigenvalue weighted by Crippen LogP contribution is -2.70. The summed E-state index contributed by atoms with van der Waals surface area (Å²) in [6.07, 6.45) is 0.970. The minimum Gasteiger partial charge on any atom is -0.457 e. The molecule has 9 nitrogen and oxygen atoms in total. The van der Waals surface area contributed by atoms with Crippen molar-refractivity contribution >= 4 is 34.6 Å². The fraction of sp³-hybridized carbons (Fsp3) is 0.600. The van der Waals surface area contributed by atoms with Gasteiger partial charge in [0.25, 0.3) is 0 Å². The van der Waals surface area contributed by atoms with Crippen LogP contribution < -0.4 is 0 Å². The van der Waals surface area contributed by atoms with Gasteiger partial charge in [0.15, 0.2) is 23.7 Å². The molecule has 3 fully saturated rings. The number of allylic oxidation sites excluding steroid dienone is 4. The number of halogens is 2. The number of furan rings is 1. The minimum atomic E-state index is -2.37. The topological polar surface area (TPSA) is 140 Å². The summed E-state index contributed by atoms with van der Waals surface area (Å²) in [4.78, 5) is 51.8. The van der Waals surface area contributed by atoms with E-state index in [1.807, 2.05) is 0 Å². The lowest BCUT2D eigenvalue weighted by atomic mass is 9.44. The summed E-state index contributed by atoms with van der Waals surface area (Å²) in [5, 5.41) is 20.9. The third kappa shape index (κ3) is 5.68. The molecule has 9 unspecified atom stereocenters. The van der Waals surface area contributed by atoms with Gasteiger partial charge < -0.3 is 24.1 Å². The molecule has 0 aromatic carbocycles. The Morgan fingerprint density at radius 1 is 1.19 bits per heavy atom. The number of ether oxygens (including phenoxy) is 2. The number of fused-ring (bicyclic) bond motifs is 5. The Bertz CT molecular complexity index is 1570. The monoisotopic (exact) mass is 674 g/mol. The zero-order chi connectivity index (χ0) is 34.6. The number of hydrogen-bond donors (Lipinski definition) is 2. The first-order valence-electron chi connectivity index (χ1n) is 15.6. The fourth-order valence-corrected chi connectivity index (χ4v) is 9.64. The second-order valence-corrected chi connectivity index (χ2v) is 15.1. The minimum absolute atomic E-state index is 0.0103. The number of aliphatic hydroxyl groups is 2. The van der Waals surface area contributed by atoms with Gasteiger partial charge in [-0.1, -0.05) is 43.5 Å². The van der Waals surface area contributed by atoms with Crippen molar-refractivity contribution in [1.29, 1.82) is 0 Å². The smallest absolute Gasteiger partial charge is 0.375 e. The standard InChI is InChI=1S/C35H40F2O9S/c1-20-15-22-23-17-25(36)24-16-21(38)10-11-32(24,4)34(23,37)27(39)18-33(22,5)35(20,46-29(41)26-9-8-13-44-26)30(42)47-14-7-6-12-45-28(40)19-31(2,3)43/h8-11,13,16,20,22-23,25,27,39,43H,12,14-15,17-19H2,1-5H3. The summed E-state index contributed by atoms with van der Waals surface area (Å²) >= 11 is 0.778. The van der Waals surface area contributed by atoms with E-state index in [0.29, 0.717) is 0 Å². The molecule has 9 atom stereocenters. The molecule has 5 rings (SSSR count). The molecule has 4 aliphatic rings. The van der Waals surface area contributed by atoms with Gasteiger partial charge in [-0.2, -0.15) is 0 Å². The van der Waals surface area contributed by atoms with Gasteiger partial charge in [0.1, 0.15) is 6.17 Å². The van der Waals surface area contributed by atoms with E-state index in [0.717, 1.165) is 17.8 Å². The summed E-state index contributed by atoms with van der Waals surface area (Å²) in [5.41, 5.74) is -8.42. The van der Waals surface area contributed by atoms with Gasteiger partial charge in [0, 0.05) is 22.7 Å². The second kappa shape index (κ2) is 12.3. The van der Waals surface area contributed by atoms with Crippen molar-refractivity contribution in [1.82, 2.24) is 0 Å². The van der Waals surface area contributed by atoms with Gasteiger partial charge in [-0.05, 0) is 75.8 Å². The van der Waals surface area contributed by atoms with Crippen LogP contribution in [0.4, 0.5) is 8.78 Å². The predicted molar refractivity (Wildman–Crippen MR) is 167 cm³/mol. The van der Waals surface area contributed by atoms with Crippen molar-refractivity contribution in [2.75, 3.05) is 12.4 Å². The molecule has 0 aliphatic heterocycles. The lowest BCUT2D eigenvalue weighted by molar-refractivity contribution is -0.221. The molecule has 12 heteroatoms. The number of thioether (sulfide) groups is 1. The summed E-state index contributed by atoms with van der Waals surface area (Å²) < 4.78 is 50.0. The van der Waals surface area contributed by atoms with E-state index in [1.165, 1.54) is 51.3 Å². The van der Waals surface area contributed by atoms with E-state index in [9.17, 15) is 29.4 Å². The Balaban J connectivity index is 1.46. The largest absolute Gasteiger partial charge is 0.457 e. The molecule has 254 valence electrons. The lowest BCUT2D eigenvalue weighted by Gasteiger charge is -2.63. The van der Waals surface area contributed by atoms with Gasteiger partial charge in [-0.15, -0.1) is 0 Å². The number of aliphatic hydroxyl groups excluding tert-OH is 1. The van der Waals surface area contributed by atoms with Crippen molar-refractivity contribution in [3.63, 3.8) is 0 Å². The van der Waals surface area contributed by atoms with Crippen LogP contribution in [-0.4, -0.2) is 74.6 Å². The van der Waals surface area contributed by atoms with Crippen molar-refractivity contribution in [3.05, 3.63) is 48.0 Å². The molecule has 0 amide bonds. The number of carbonyl (C=O) groups excluding carboxylic acids is 4. The maximum atomic E-state index is 17.7. The number of rotatable bonds is 7. The van der Waals surface area contributed by atoms with Gasteiger partial charge in [0.2, 0.25) is 10.9 Å². The Morgan fingerprint density at radius 2 is 1.91 bits per heavy atom. The summed E-state index contributed by atoms with van der Waals surface area (Å²) in [5.74, 6) is 0.759. The highest BCUT2D eigenvalue weighted by Crippen LogP contribution is 2.72. The fourth-order valence-electron chi connectivity index (χ4n) is 8.64. The van der Waals surface area contributed by atoms with Crippen LogP contribution in [0.2, 0.25) is 0 Å². The number of ketones is 1. The van der Waals surface area contributed by atoms with Gasteiger partial charge in [-0.25, -0.2) is 13.6 Å². The predicted octanol–water partition coefficient (Wildman–Crippen LogP) is 4.71. The molecule has 1 heterocycles. The number of alkyl halides is 2. The second-order valence-electron chi connectivity index (χ2n) is 14.2. The molecule has 2 N–H and O–H groups in total. The van der Waals surface area contributed by atoms with Crippen LogP contribution in [0, 0.1) is 40.4 Å². The van der Waals surface area contributed by atoms with E-state index in [-0.39, 0.29) is 49.4 Å². The molecule has 3 saturated carbocycles. The molecule has 1 aromatic heterocycles. The van der Waals surface area contributed by atoms with Gasteiger partial charge in [0.05, 0.1) is 30.1 Å². The first-order chi connectivity index (χ1) is 21.9. The third-order valence-corrected chi connectivity index (χ3v) is 11.6. The van der Waals surface area contributed by atoms with Crippen molar-refractivity contribution < 1.29 is 52.1 Å². The molecule has 47 heavy (non-hydrogen) atoms. The average Bonchev–Trinajstić information content (AvgIpc) is 3.59. The zero-order valence-electron chi connectivity index (χ0n) is 27.0. The first kappa shape index (κ1) is 35.0. The molecule has 0 saturated heterocycles. The van der Waals surface area contributed by atoms with Crippen LogP contribution in [-0.2, 0) is 23.9 Å². The summed E-state index contributed by atoms with van der Waals surface area (Å²) in [7, 11) is 0. The third-order valence-electron chi connectivity index (χ3n) is 10.7. The Morgan fingerprint density at radius 3 is 2.57 bits per heavy atom. The summed E-state index contributed by atoms with van der Waals surface area (Å²) in [6, 6.07) is 2.88. The van der Waals surface area contributed by atoms with E-state index in [2.05, 4.69) is 11.8 Å². The maximum absolute atomic E-state index is 17.7. The van der Waals surface area contributed by atoms with Crippen LogP contribution in [0.3, 0.4) is 0 Å². The summed E-state index contributed by atoms with van der Waals surface area (Å²) in [6.45, 7) is 7.59. The number of esters is 2. The van der Waals surface area contributed by atoms with Gasteiger partial charge >= 0.3 is 11.9 Å². The van der Waals surface area contributed by atoms with Crippen LogP contribution in [0.1, 0.15) is 70.9 Å². The highest BCUT2D eigenvalue weighted by molar-refractivity contribution is 8.14.